The number of rotatable bonds is 7. The molecule has 30 heavy (non-hydrogen) atoms. The van der Waals surface area contributed by atoms with Crippen molar-refractivity contribution in [2.45, 2.75) is 32.2 Å². The molecule has 6 nitrogen and oxygen atoms in total. The van der Waals surface area contributed by atoms with Crippen LogP contribution in [0.25, 0.3) is 0 Å². The Morgan fingerprint density at radius 2 is 2.00 bits per heavy atom. The Kier molecular flexibility index (Phi) is 7.92. The number of carbonyl (C=O) groups is 1. The molecule has 1 unspecified atom stereocenters. The van der Waals surface area contributed by atoms with Gasteiger partial charge < -0.3 is 10.6 Å². The highest BCUT2D eigenvalue weighted by molar-refractivity contribution is 6.31. The highest BCUT2D eigenvalue weighted by Crippen LogP contribution is 2.25. The van der Waals surface area contributed by atoms with Crippen LogP contribution in [0.1, 0.15) is 36.5 Å². The summed E-state index contributed by atoms with van der Waals surface area (Å²) in [7, 11) is 0. The molecule has 0 radical (unpaired) electrons. The van der Waals surface area contributed by atoms with E-state index < -0.39 is 0 Å². The summed E-state index contributed by atoms with van der Waals surface area (Å²) in [5.74, 6) is 0.657. The molecule has 1 aliphatic rings. The van der Waals surface area contributed by atoms with Crippen LogP contribution in [0.4, 0.5) is 11.5 Å². The van der Waals surface area contributed by atoms with E-state index in [9.17, 15) is 4.79 Å². The molecular weight excluding hydrogens is 421 g/mol. The standard InChI is InChI=1S/C22H25Cl2N5O/c1-15(6-9-25)29-10-7-16(8-11-29)13-26-20-4-2-17(23)12-19(20)22(30)28-21-5-3-18(24)14-27-21/h2-5,12,14-16,26H,6-8,10-11,13H2,1H3,(H,27,28,30). The topological polar surface area (TPSA) is 81.0 Å². The zero-order chi connectivity index (χ0) is 21.5. The molecular formula is C22H25Cl2N5O. The Balaban J connectivity index is 1.60. The highest BCUT2D eigenvalue weighted by Gasteiger charge is 2.23. The van der Waals surface area contributed by atoms with Crippen LogP contribution in [0.2, 0.25) is 10.0 Å². The lowest BCUT2D eigenvalue weighted by Gasteiger charge is -2.35. The van der Waals surface area contributed by atoms with Crippen LogP contribution >= 0.6 is 23.2 Å². The zero-order valence-corrected chi connectivity index (χ0v) is 18.4. The van der Waals surface area contributed by atoms with E-state index in [4.69, 9.17) is 28.5 Å². The smallest absolute Gasteiger partial charge is 0.258 e. The number of likely N-dealkylation sites (tertiary alicyclic amines) is 1. The molecule has 1 fully saturated rings. The number of nitriles is 1. The molecule has 3 rings (SSSR count). The summed E-state index contributed by atoms with van der Waals surface area (Å²) >= 11 is 12.0. The van der Waals surface area contributed by atoms with Crippen molar-refractivity contribution in [1.82, 2.24) is 9.88 Å². The number of nitrogens with zero attached hydrogens (tertiary/aromatic N) is 3. The first-order valence-corrected chi connectivity index (χ1v) is 10.8. The second-order valence-corrected chi connectivity index (χ2v) is 8.45. The van der Waals surface area contributed by atoms with Crippen LogP contribution in [0.5, 0.6) is 0 Å². The number of nitrogens with one attached hydrogen (secondary N) is 2. The van der Waals surface area contributed by atoms with Crippen molar-refractivity contribution in [3.05, 3.63) is 52.1 Å². The Morgan fingerprint density at radius 1 is 1.27 bits per heavy atom. The van der Waals surface area contributed by atoms with Gasteiger partial charge in [-0.05, 0) is 69.1 Å². The number of pyridine rings is 1. The summed E-state index contributed by atoms with van der Waals surface area (Å²) in [5, 5.41) is 16.1. The lowest BCUT2D eigenvalue weighted by atomic mass is 9.95. The Labute approximate surface area is 187 Å². The van der Waals surface area contributed by atoms with E-state index >= 15 is 0 Å². The van der Waals surface area contributed by atoms with Crippen molar-refractivity contribution in [2.24, 2.45) is 5.92 Å². The maximum Gasteiger partial charge on any atom is 0.258 e. The number of piperidine rings is 1. The van der Waals surface area contributed by atoms with Gasteiger partial charge in [-0.3, -0.25) is 9.69 Å². The van der Waals surface area contributed by atoms with Gasteiger partial charge in [0, 0.05) is 29.5 Å². The molecule has 1 aliphatic heterocycles. The molecule has 1 saturated heterocycles. The van der Waals surface area contributed by atoms with Crippen molar-refractivity contribution in [3.63, 3.8) is 0 Å². The maximum atomic E-state index is 12.8. The van der Waals surface area contributed by atoms with Gasteiger partial charge in [0.1, 0.15) is 5.82 Å². The molecule has 158 valence electrons. The molecule has 1 amide bonds. The predicted molar refractivity (Wildman–Crippen MR) is 121 cm³/mol. The molecule has 0 bridgehead atoms. The van der Waals surface area contributed by atoms with Crippen LogP contribution in [0, 0.1) is 17.2 Å². The van der Waals surface area contributed by atoms with E-state index in [0.29, 0.717) is 39.8 Å². The average Bonchev–Trinajstić information content (AvgIpc) is 2.75. The van der Waals surface area contributed by atoms with Crippen molar-refractivity contribution in [1.29, 1.82) is 5.26 Å². The highest BCUT2D eigenvalue weighted by atomic mass is 35.5. The maximum absolute atomic E-state index is 12.8. The molecule has 1 atom stereocenters. The molecule has 2 N–H and O–H groups in total. The quantitative estimate of drug-likeness (QED) is 0.621. The predicted octanol–water partition coefficient (Wildman–Crippen LogP) is 5.07. The van der Waals surface area contributed by atoms with Gasteiger partial charge in [-0.2, -0.15) is 5.26 Å². The minimum Gasteiger partial charge on any atom is -0.384 e. The Hall–Kier alpha value is -2.33. The van der Waals surface area contributed by atoms with Crippen LogP contribution in [-0.2, 0) is 0 Å². The fourth-order valence-electron chi connectivity index (χ4n) is 3.61. The van der Waals surface area contributed by atoms with E-state index in [1.807, 2.05) is 6.07 Å². The fourth-order valence-corrected chi connectivity index (χ4v) is 3.89. The second-order valence-electron chi connectivity index (χ2n) is 7.58. The van der Waals surface area contributed by atoms with Gasteiger partial charge in [-0.25, -0.2) is 4.98 Å². The van der Waals surface area contributed by atoms with Crippen LogP contribution in [-0.4, -0.2) is 41.5 Å². The summed E-state index contributed by atoms with van der Waals surface area (Å²) in [5.41, 5.74) is 1.21. The van der Waals surface area contributed by atoms with E-state index in [1.54, 1.807) is 24.3 Å². The number of aromatic nitrogens is 1. The molecule has 2 aromatic rings. The first-order chi connectivity index (χ1) is 14.5. The van der Waals surface area contributed by atoms with Gasteiger partial charge in [-0.1, -0.05) is 23.2 Å². The van der Waals surface area contributed by atoms with E-state index in [0.717, 1.165) is 38.2 Å². The lowest BCUT2D eigenvalue weighted by molar-refractivity contribution is 0.102. The normalized spacial score (nSPS) is 15.9. The average molecular weight is 446 g/mol. The van der Waals surface area contributed by atoms with Gasteiger partial charge in [0.2, 0.25) is 0 Å². The SMILES string of the molecule is CC(CC#N)N1CCC(CNc2ccc(Cl)cc2C(=O)Nc2ccc(Cl)cn2)CC1. The molecule has 2 heterocycles. The fraction of sp³-hybridized carbons (Fsp3) is 0.409. The zero-order valence-electron chi connectivity index (χ0n) is 16.9. The van der Waals surface area contributed by atoms with Crippen LogP contribution in [0.3, 0.4) is 0 Å². The van der Waals surface area contributed by atoms with Gasteiger partial charge >= 0.3 is 0 Å². The molecule has 0 aliphatic carbocycles. The Bertz CT molecular complexity index is 905. The largest absolute Gasteiger partial charge is 0.384 e. The van der Waals surface area contributed by atoms with Gasteiger partial charge in [0.15, 0.2) is 0 Å². The number of hydrogen-bond donors (Lipinski definition) is 2. The van der Waals surface area contributed by atoms with Crippen molar-refractivity contribution >= 4 is 40.6 Å². The lowest BCUT2D eigenvalue weighted by Crippen LogP contribution is -2.41. The van der Waals surface area contributed by atoms with Crippen LogP contribution in [0.15, 0.2) is 36.5 Å². The minimum absolute atomic E-state index is 0.282. The number of hydrogen-bond acceptors (Lipinski definition) is 5. The van der Waals surface area contributed by atoms with Gasteiger partial charge in [0.05, 0.1) is 23.1 Å². The van der Waals surface area contributed by atoms with E-state index in [-0.39, 0.29) is 5.91 Å². The number of amides is 1. The summed E-state index contributed by atoms with van der Waals surface area (Å²) in [6, 6.07) is 11.1. The number of anilines is 2. The summed E-state index contributed by atoms with van der Waals surface area (Å²) < 4.78 is 0. The first kappa shape index (κ1) is 22.4. The van der Waals surface area contributed by atoms with Crippen molar-refractivity contribution in [2.75, 3.05) is 30.3 Å². The van der Waals surface area contributed by atoms with E-state index in [1.165, 1.54) is 6.20 Å². The molecule has 1 aromatic heterocycles. The second kappa shape index (κ2) is 10.6. The van der Waals surface area contributed by atoms with Gasteiger partial charge in [-0.15, -0.1) is 0 Å². The summed E-state index contributed by atoms with van der Waals surface area (Å²) in [6.45, 7) is 4.87. The third kappa shape index (κ3) is 6.09. The number of benzene rings is 1. The van der Waals surface area contributed by atoms with E-state index in [2.05, 4.69) is 33.5 Å². The third-order valence-electron chi connectivity index (χ3n) is 5.44. The number of halogens is 2. The van der Waals surface area contributed by atoms with Crippen molar-refractivity contribution < 1.29 is 4.79 Å². The summed E-state index contributed by atoms with van der Waals surface area (Å²) in [6.07, 6.45) is 4.17. The monoisotopic (exact) mass is 445 g/mol. The number of carbonyl (C=O) groups excluding carboxylic acids is 1. The summed E-state index contributed by atoms with van der Waals surface area (Å²) in [4.78, 5) is 19.3. The minimum atomic E-state index is -0.282. The van der Waals surface area contributed by atoms with Crippen molar-refractivity contribution in [3.8, 4) is 6.07 Å². The molecule has 8 heteroatoms. The molecule has 1 aromatic carbocycles. The third-order valence-corrected chi connectivity index (χ3v) is 5.89. The molecule has 0 spiro atoms. The van der Waals surface area contributed by atoms with Gasteiger partial charge in [0.25, 0.3) is 5.91 Å². The Morgan fingerprint density at radius 3 is 2.67 bits per heavy atom. The molecule has 0 saturated carbocycles. The first-order valence-electron chi connectivity index (χ1n) is 10.0. The van der Waals surface area contributed by atoms with Crippen LogP contribution < -0.4 is 10.6 Å².